The van der Waals surface area contributed by atoms with E-state index in [1.165, 1.54) is 6.42 Å². The first-order valence-electron chi connectivity index (χ1n) is 6.99. The quantitative estimate of drug-likeness (QED) is 0.933. The van der Waals surface area contributed by atoms with Crippen molar-refractivity contribution in [3.63, 3.8) is 0 Å². The van der Waals surface area contributed by atoms with Crippen LogP contribution in [0, 0.1) is 5.92 Å². The third-order valence-electron chi connectivity index (χ3n) is 4.23. The Bertz CT molecular complexity index is 585. The van der Waals surface area contributed by atoms with Gasteiger partial charge in [-0.2, -0.15) is 4.98 Å². The largest absolute Gasteiger partial charge is 0.440 e. The number of nitrogens with zero attached hydrogens (tertiary/aromatic N) is 2. The third-order valence-corrected chi connectivity index (χ3v) is 4.43. The standard InChI is InChI=1S/C14H18ClN3O2/c1-2-9-5-7-14(16,8-6-9)13-17-12(20-18-13)10-3-4-11(15)19-10/h3-4,9H,2,5-8,16H2,1H3. The molecule has 0 aromatic carbocycles. The average molecular weight is 296 g/mol. The van der Waals surface area contributed by atoms with Gasteiger partial charge in [0.1, 0.15) is 0 Å². The van der Waals surface area contributed by atoms with Gasteiger partial charge in [0.15, 0.2) is 16.8 Å². The zero-order chi connectivity index (χ0) is 14.2. The smallest absolute Gasteiger partial charge is 0.293 e. The highest BCUT2D eigenvalue weighted by Gasteiger charge is 2.37. The van der Waals surface area contributed by atoms with Crippen molar-refractivity contribution in [1.82, 2.24) is 10.1 Å². The summed E-state index contributed by atoms with van der Waals surface area (Å²) >= 11 is 5.74. The number of furan rings is 1. The Labute approximate surface area is 122 Å². The molecule has 2 N–H and O–H groups in total. The Balaban J connectivity index is 1.80. The van der Waals surface area contributed by atoms with Crippen molar-refractivity contribution in [2.24, 2.45) is 11.7 Å². The third kappa shape index (κ3) is 2.47. The number of halogens is 1. The summed E-state index contributed by atoms with van der Waals surface area (Å²) in [5, 5.41) is 4.33. The summed E-state index contributed by atoms with van der Waals surface area (Å²) in [5.41, 5.74) is 5.97. The maximum Gasteiger partial charge on any atom is 0.293 e. The van der Waals surface area contributed by atoms with Crippen LogP contribution in [0.15, 0.2) is 21.1 Å². The molecule has 0 aliphatic heterocycles. The molecule has 1 aliphatic carbocycles. The molecule has 0 amide bonds. The summed E-state index contributed by atoms with van der Waals surface area (Å²) < 4.78 is 10.5. The van der Waals surface area contributed by atoms with Crippen LogP contribution in [-0.4, -0.2) is 10.1 Å². The lowest BCUT2D eigenvalue weighted by molar-refractivity contribution is 0.216. The molecule has 0 radical (unpaired) electrons. The van der Waals surface area contributed by atoms with Crippen LogP contribution in [0.4, 0.5) is 0 Å². The van der Waals surface area contributed by atoms with Crippen LogP contribution in [0.3, 0.4) is 0 Å². The molecule has 2 heterocycles. The Morgan fingerprint density at radius 3 is 2.75 bits per heavy atom. The minimum Gasteiger partial charge on any atom is -0.440 e. The second-order valence-electron chi connectivity index (χ2n) is 5.53. The van der Waals surface area contributed by atoms with E-state index < -0.39 is 5.54 Å². The summed E-state index contributed by atoms with van der Waals surface area (Å²) in [5.74, 6) is 2.13. The van der Waals surface area contributed by atoms with Crippen LogP contribution in [-0.2, 0) is 5.54 Å². The van der Waals surface area contributed by atoms with Gasteiger partial charge in [0.2, 0.25) is 0 Å². The van der Waals surface area contributed by atoms with Gasteiger partial charge < -0.3 is 14.7 Å². The van der Waals surface area contributed by atoms with Gasteiger partial charge in [0, 0.05) is 0 Å². The molecule has 2 aromatic rings. The molecular formula is C14H18ClN3O2. The first-order chi connectivity index (χ1) is 9.60. The van der Waals surface area contributed by atoms with Crippen LogP contribution in [0.1, 0.15) is 44.9 Å². The van der Waals surface area contributed by atoms with Crippen molar-refractivity contribution in [2.75, 3.05) is 0 Å². The predicted molar refractivity (Wildman–Crippen MR) is 75.1 cm³/mol. The van der Waals surface area contributed by atoms with Gasteiger partial charge in [-0.3, -0.25) is 0 Å². The monoisotopic (exact) mass is 295 g/mol. The molecule has 0 unspecified atom stereocenters. The van der Waals surface area contributed by atoms with E-state index in [1.807, 2.05) is 0 Å². The van der Waals surface area contributed by atoms with Crippen molar-refractivity contribution in [3.05, 3.63) is 23.2 Å². The first-order valence-corrected chi connectivity index (χ1v) is 7.37. The van der Waals surface area contributed by atoms with Crippen molar-refractivity contribution >= 4 is 11.6 Å². The van der Waals surface area contributed by atoms with Crippen LogP contribution < -0.4 is 5.73 Å². The van der Waals surface area contributed by atoms with E-state index in [9.17, 15) is 0 Å². The summed E-state index contributed by atoms with van der Waals surface area (Å²) in [4.78, 5) is 4.38. The fourth-order valence-corrected chi connectivity index (χ4v) is 2.93. The Kier molecular flexibility index (Phi) is 3.56. The van der Waals surface area contributed by atoms with E-state index >= 15 is 0 Å². The normalized spacial score (nSPS) is 26.9. The average Bonchev–Trinajstić information content (AvgIpc) is 3.08. The van der Waals surface area contributed by atoms with Gasteiger partial charge in [-0.25, -0.2) is 0 Å². The summed E-state index contributed by atoms with van der Waals surface area (Å²) in [6.45, 7) is 2.22. The summed E-state index contributed by atoms with van der Waals surface area (Å²) in [7, 11) is 0. The van der Waals surface area contributed by atoms with Crippen LogP contribution >= 0.6 is 11.6 Å². The molecule has 1 aliphatic rings. The minimum absolute atomic E-state index is 0.297. The fourth-order valence-electron chi connectivity index (χ4n) is 2.78. The highest BCUT2D eigenvalue weighted by Crippen LogP contribution is 2.38. The second kappa shape index (κ2) is 5.22. The lowest BCUT2D eigenvalue weighted by Crippen LogP contribution is -2.41. The molecule has 20 heavy (non-hydrogen) atoms. The van der Waals surface area contributed by atoms with E-state index in [0.717, 1.165) is 31.6 Å². The molecule has 1 saturated carbocycles. The van der Waals surface area contributed by atoms with Crippen LogP contribution in [0.5, 0.6) is 0 Å². The molecule has 2 aromatic heterocycles. The van der Waals surface area contributed by atoms with Gasteiger partial charge in [-0.1, -0.05) is 18.5 Å². The van der Waals surface area contributed by atoms with Crippen molar-refractivity contribution < 1.29 is 8.94 Å². The van der Waals surface area contributed by atoms with Gasteiger partial charge in [0.05, 0.1) is 5.54 Å². The van der Waals surface area contributed by atoms with E-state index in [-0.39, 0.29) is 0 Å². The minimum atomic E-state index is -0.482. The van der Waals surface area contributed by atoms with E-state index in [1.54, 1.807) is 12.1 Å². The second-order valence-corrected chi connectivity index (χ2v) is 5.91. The first kappa shape index (κ1) is 13.6. The maximum absolute atomic E-state index is 6.45. The number of aromatic nitrogens is 2. The van der Waals surface area contributed by atoms with Crippen molar-refractivity contribution in [3.8, 4) is 11.7 Å². The van der Waals surface area contributed by atoms with Crippen LogP contribution in [0.2, 0.25) is 5.22 Å². The molecule has 0 atom stereocenters. The molecular weight excluding hydrogens is 278 g/mol. The van der Waals surface area contributed by atoms with Gasteiger partial charge >= 0.3 is 0 Å². The Hall–Kier alpha value is -1.33. The van der Waals surface area contributed by atoms with E-state index in [0.29, 0.717) is 22.7 Å². The SMILES string of the molecule is CCC1CCC(N)(c2noc(-c3ccc(Cl)o3)n2)CC1. The maximum atomic E-state index is 6.45. The fraction of sp³-hybridized carbons (Fsp3) is 0.571. The zero-order valence-corrected chi connectivity index (χ0v) is 12.2. The lowest BCUT2D eigenvalue weighted by atomic mass is 9.76. The van der Waals surface area contributed by atoms with Gasteiger partial charge in [0.25, 0.3) is 5.89 Å². The Morgan fingerprint density at radius 2 is 2.15 bits per heavy atom. The summed E-state index contributed by atoms with van der Waals surface area (Å²) in [6, 6.07) is 3.35. The Morgan fingerprint density at radius 1 is 1.40 bits per heavy atom. The number of hydrogen-bond acceptors (Lipinski definition) is 5. The van der Waals surface area contributed by atoms with Gasteiger partial charge in [-0.15, -0.1) is 0 Å². The van der Waals surface area contributed by atoms with E-state index in [2.05, 4.69) is 17.1 Å². The van der Waals surface area contributed by atoms with Gasteiger partial charge in [-0.05, 0) is 55.3 Å². The highest BCUT2D eigenvalue weighted by atomic mass is 35.5. The molecule has 0 saturated heterocycles. The lowest BCUT2D eigenvalue weighted by Gasteiger charge is -2.34. The highest BCUT2D eigenvalue weighted by molar-refractivity contribution is 6.28. The number of rotatable bonds is 3. The zero-order valence-electron chi connectivity index (χ0n) is 11.4. The molecule has 5 nitrogen and oxygen atoms in total. The molecule has 0 bridgehead atoms. The van der Waals surface area contributed by atoms with Crippen molar-refractivity contribution in [1.29, 1.82) is 0 Å². The van der Waals surface area contributed by atoms with E-state index in [4.69, 9.17) is 26.3 Å². The summed E-state index contributed by atoms with van der Waals surface area (Å²) in [6.07, 6.45) is 5.22. The topological polar surface area (TPSA) is 78.1 Å². The molecule has 3 rings (SSSR count). The molecule has 108 valence electrons. The molecule has 0 spiro atoms. The van der Waals surface area contributed by atoms with Crippen LogP contribution in [0.25, 0.3) is 11.7 Å². The molecule has 6 heteroatoms. The number of nitrogens with two attached hydrogens (primary N) is 1. The number of hydrogen-bond donors (Lipinski definition) is 1. The van der Waals surface area contributed by atoms with Crippen molar-refractivity contribution in [2.45, 2.75) is 44.6 Å². The predicted octanol–water partition coefficient (Wildman–Crippen LogP) is 3.74. The molecule has 1 fully saturated rings.